The lowest BCUT2D eigenvalue weighted by Gasteiger charge is -2.37. The number of nitrogens with one attached hydrogen (secondary N) is 1. The van der Waals surface area contributed by atoms with E-state index >= 15 is 0 Å². The van der Waals surface area contributed by atoms with Gasteiger partial charge < -0.3 is 15.0 Å². The van der Waals surface area contributed by atoms with Gasteiger partial charge in [0.2, 0.25) is 0 Å². The average Bonchev–Trinajstić information content (AvgIpc) is 2.42. The molecule has 112 valence electrons. The van der Waals surface area contributed by atoms with Crippen molar-refractivity contribution in [2.24, 2.45) is 0 Å². The summed E-state index contributed by atoms with van der Waals surface area (Å²) < 4.78 is 19.5. The third-order valence-electron chi connectivity index (χ3n) is 3.96. The number of morpholine rings is 1. The van der Waals surface area contributed by atoms with E-state index in [1.807, 2.05) is 13.0 Å². The molecule has 1 aliphatic rings. The summed E-state index contributed by atoms with van der Waals surface area (Å²) in [6.07, 6.45) is 0. The molecule has 2 rings (SSSR count). The van der Waals surface area contributed by atoms with Gasteiger partial charge in [-0.3, -0.25) is 0 Å². The van der Waals surface area contributed by atoms with Crippen molar-refractivity contribution < 1.29 is 9.13 Å². The van der Waals surface area contributed by atoms with Gasteiger partial charge in [0.15, 0.2) is 0 Å². The molecule has 0 spiro atoms. The van der Waals surface area contributed by atoms with Crippen molar-refractivity contribution in [2.75, 3.05) is 31.2 Å². The van der Waals surface area contributed by atoms with Gasteiger partial charge in [-0.05, 0) is 50.6 Å². The highest BCUT2D eigenvalue weighted by molar-refractivity contribution is 5.58. The van der Waals surface area contributed by atoms with Gasteiger partial charge in [0, 0.05) is 24.3 Å². The standard InChI is InChI=1S/C16H25FN2O/c1-5-18-13(4)14-9-15(17)11(2)8-16(14)19-6-7-20-10-12(19)3/h8-9,12-13,18H,5-7,10H2,1-4H3. The number of benzene rings is 1. The van der Waals surface area contributed by atoms with Gasteiger partial charge in [0.1, 0.15) is 5.82 Å². The Labute approximate surface area is 121 Å². The summed E-state index contributed by atoms with van der Waals surface area (Å²) in [4.78, 5) is 2.33. The summed E-state index contributed by atoms with van der Waals surface area (Å²) in [5.41, 5.74) is 2.86. The van der Waals surface area contributed by atoms with E-state index in [4.69, 9.17) is 4.74 Å². The van der Waals surface area contributed by atoms with Crippen molar-refractivity contribution in [1.29, 1.82) is 0 Å². The first-order chi connectivity index (χ1) is 9.54. The Morgan fingerprint density at radius 1 is 1.50 bits per heavy atom. The van der Waals surface area contributed by atoms with Gasteiger partial charge >= 0.3 is 0 Å². The molecule has 1 fully saturated rings. The molecule has 0 aromatic heterocycles. The summed E-state index contributed by atoms with van der Waals surface area (Å²) >= 11 is 0. The van der Waals surface area contributed by atoms with Crippen LogP contribution in [0.25, 0.3) is 0 Å². The molecule has 20 heavy (non-hydrogen) atoms. The Morgan fingerprint density at radius 2 is 2.25 bits per heavy atom. The van der Waals surface area contributed by atoms with Crippen molar-refractivity contribution in [3.05, 3.63) is 29.1 Å². The second kappa shape index (κ2) is 6.55. The highest BCUT2D eigenvalue weighted by atomic mass is 19.1. The van der Waals surface area contributed by atoms with E-state index in [2.05, 4.69) is 31.0 Å². The minimum absolute atomic E-state index is 0.130. The Kier molecular flexibility index (Phi) is 5.00. The maximum Gasteiger partial charge on any atom is 0.126 e. The number of nitrogens with zero attached hydrogens (tertiary/aromatic N) is 1. The second-order valence-electron chi connectivity index (χ2n) is 5.56. The molecule has 1 aliphatic heterocycles. The summed E-state index contributed by atoms with van der Waals surface area (Å²) in [6, 6.07) is 4.11. The van der Waals surface area contributed by atoms with Crippen LogP contribution in [-0.2, 0) is 4.74 Å². The van der Waals surface area contributed by atoms with Crippen molar-refractivity contribution in [1.82, 2.24) is 5.32 Å². The van der Waals surface area contributed by atoms with Crippen LogP contribution in [0.5, 0.6) is 0 Å². The quantitative estimate of drug-likeness (QED) is 0.917. The first-order valence-electron chi connectivity index (χ1n) is 7.42. The van der Waals surface area contributed by atoms with E-state index in [1.54, 1.807) is 6.07 Å². The van der Waals surface area contributed by atoms with Crippen LogP contribution >= 0.6 is 0 Å². The first kappa shape index (κ1) is 15.3. The minimum atomic E-state index is -0.130. The van der Waals surface area contributed by atoms with E-state index < -0.39 is 0 Å². The van der Waals surface area contributed by atoms with Crippen LogP contribution in [0.4, 0.5) is 10.1 Å². The SMILES string of the molecule is CCNC(C)c1cc(F)c(C)cc1N1CCOCC1C. The van der Waals surface area contributed by atoms with Crippen LogP contribution in [0, 0.1) is 12.7 Å². The largest absolute Gasteiger partial charge is 0.377 e. The third kappa shape index (κ3) is 3.13. The van der Waals surface area contributed by atoms with Crippen LogP contribution in [0.1, 0.15) is 37.9 Å². The number of anilines is 1. The topological polar surface area (TPSA) is 24.5 Å². The second-order valence-corrected chi connectivity index (χ2v) is 5.56. The molecule has 1 heterocycles. The van der Waals surface area contributed by atoms with E-state index in [1.165, 1.54) is 0 Å². The number of ether oxygens (including phenoxy) is 1. The summed E-state index contributed by atoms with van der Waals surface area (Å²) in [7, 11) is 0. The van der Waals surface area contributed by atoms with Crippen molar-refractivity contribution in [2.45, 2.75) is 39.8 Å². The summed E-state index contributed by atoms with van der Waals surface area (Å²) in [5.74, 6) is -0.130. The first-order valence-corrected chi connectivity index (χ1v) is 7.42. The lowest BCUT2D eigenvalue weighted by atomic mass is 10.0. The normalized spacial score (nSPS) is 21.1. The van der Waals surface area contributed by atoms with Crippen molar-refractivity contribution in [3.63, 3.8) is 0 Å². The average molecular weight is 280 g/mol. The van der Waals surface area contributed by atoms with Crippen molar-refractivity contribution >= 4 is 5.69 Å². The van der Waals surface area contributed by atoms with Crippen LogP contribution < -0.4 is 10.2 Å². The zero-order valence-corrected chi connectivity index (χ0v) is 12.9. The highest BCUT2D eigenvalue weighted by Crippen LogP contribution is 2.31. The monoisotopic (exact) mass is 280 g/mol. The molecule has 1 N–H and O–H groups in total. The molecule has 2 unspecified atom stereocenters. The van der Waals surface area contributed by atoms with Gasteiger partial charge in [-0.1, -0.05) is 6.92 Å². The molecule has 1 aromatic rings. The molecule has 0 bridgehead atoms. The Balaban J connectivity index is 2.41. The third-order valence-corrected chi connectivity index (χ3v) is 3.96. The molecule has 1 aromatic carbocycles. The molecule has 4 heteroatoms. The molecule has 3 nitrogen and oxygen atoms in total. The number of halogens is 1. The van der Waals surface area contributed by atoms with Crippen LogP contribution in [0.15, 0.2) is 12.1 Å². The summed E-state index contributed by atoms with van der Waals surface area (Å²) in [5, 5.41) is 3.38. The lowest BCUT2D eigenvalue weighted by molar-refractivity contribution is 0.0988. The van der Waals surface area contributed by atoms with Crippen LogP contribution in [0.3, 0.4) is 0 Å². The Hall–Kier alpha value is -1.13. The van der Waals surface area contributed by atoms with E-state index in [0.717, 1.165) is 37.6 Å². The predicted octanol–water partition coefficient (Wildman–Crippen LogP) is 3.03. The number of hydrogen-bond acceptors (Lipinski definition) is 3. The van der Waals surface area contributed by atoms with E-state index in [-0.39, 0.29) is 11.9 Å². The molecule has 2 atom stereocenters. The molecule has 0 radical (unpaired) electrons. The molecular weight excluding hydrogens is 255 g/mol. The molecule has 0 saturated carbocycles. The van der Waals surface area contributed by atoms with Gasteiger partial charge in [-0.25, -0.2) is 4.39 Å². The molecule has 0 aliphatic carbocycles. The Morgan fingerprint density at radius 3 is 2.90 bits per heavy atom. The Bertz CT molecular complexity index is 464. The number of hydrogen-bond donors (Lipinski definition) is 1. The maximum absolute atomic E-state index is 14.0. The number of aryl methyl sites for hydroxylation is 1. The summed E-state index contributed by atoms with van der Waals surface area (Å²) in [6.45, 7) is 11.3. The van der Waals surface area contributed by atoms with Crippen molar-refractivity contribution in [3.8, 4) is 0 Å². The van der Waals surface area contributed by atoms with Crippen LogP contribution in [-0.4, -0.2) is 32.3 Å². The van der Waals surface area contributed by atoms with Gasteiger partial charge in [0.25, 0.3) is 0 Å². The fourth-order valence-corrected chi connectivity index (χ4v) is 2.78. The molecule has 1 saturated heterocycles. The fraction of sp³-hybridized carbons (Fsp3) is 0.625. The molecular formula is C16H25FN2O. The predicted molar refractivity (Wildman–Crippen MR) is 80.9 cm³/mol. The van der Waals surface area contributed by atoms with Gasteiger partial charge in [0.05, 0.1) is 13.2 Å². The molecule has 0 amide bonds. The van der Waals surface area contributed by atoms with Crippen LogP contribution in [0.2, 0.25) is 0 Å². The lowest BCUT2D eigenvalue weighted by Crippen LogP contribution is -2.44. The highest BCUT2D eigenvalue weighted by Gasteiger charge is 2.24. The smallest absolute Gasteiger partial charge is 0.126 e. The fourth-order valence-electron chi connectivity index (χ4n) is 2.78. The maximum atomic E-state index is 14.0. The van der Waals surface area contributed by atoms with Gasteiger partial charge in [-0.2, -0.15) is 0 Å². The van der Waals surface area contributed by atoms with E-state index in [9.17, 15) is 4.39 Å². The zero-order chi connectivity index (χ0) is 14.7. The zero-order valence-electron chi connectivity index (χ0n) is 12.9. The van der Waals surface area contributed by atoms with E-state index in [0.29, 0.717) is 11.6 Å². The number of rotatable bonds is 4. The van der Waals surface area contributed by atoms with Gasteiger partial charge in [-0.15, -0.1) is 0 Å². The minimum Gasteiger partial charge on any atom is -0.377 e.